The quantitative estimate of drug-likeness (QED) is 0.225. The smallest absolute Gasteiger partial charge is 0.231 e. The number of ether oxygens (including phenoxy) is 4. The van der Waals surface area contributed by atoms with Crippen LogP contribution in [0, 0.1) is 6.92 Å². The third kappa shape index (κ3) is 6.94. The zero-order valence-corrected chi connectivity index (χ0v) is 20.0. The van der Waals surface area contributed by atoms with E-state index < -0.39 is 0 Å². The van der Waals surface area contributed by atoms with Crippen LogP contribution in [0.15, 0.2) is 41.4 Å². The van der Waals surface area contributed by atoms with Crippen molar-refractivity contribution in [2.75, 3.05) is 33.7 Å². The Labute approximate surface area is 195 Å². The maximum absolute atomic E-state index is 5.91. The van der Waals surface area contributed by atoms with Gasteiger partial charge in [-0.05, 0) is 43.2 Å². The van der Waals surface area contributed by atoms with Crippen molar-refractivity contribution in [3.63, 3.8) is 0 Å². The second kappa shape index (κ2) is 12.5. The lowest BCUT2D eigenvalue weighted by molar-refractivity contribution is 0.110. The SMILES string of the molecule is CCOCCOc1cc(C)ccc1CNC(=NC)NCc1ccc2c(c1)OCO2.I. The molecule has 2 aromatic rings. The highest BCUT2D eigenvalue weighted by Crippen LogP contribution is 2.32. The zero-order valence-electron chi connectivity index (χ0n) is 17.7. The maximum atomic E-state index is 5.91. The van der Waals surface area contributed by atoms with Gasteiger partial charge in [-0.3, -0.25) is 4.99 Å². The summed E-state index contributed by atoms with van der Waals surface area (Å²) >= 11 is 0. The molecule has 0 spiro atoms. The van der Waals surface area contributed by atoms with Gasteiger partial charge in [-0.25, -0.2) is 0 Å². The fraction of sp³-hybridized carbons (Fsp3) is 0.409. The summed E-state index contributed by atoms with van der Waals surface area (Å²) in [4.78, 5) is 4.30. The maximum Gasteiger partial charge on any atom is 0.231 e. The molecule has 0 unspecified atom stereocenters. The first kappa shape index (κ1) is 24.1. The fourth-order valence-corrected chi connectivity index (χ4v) is 2.93. The monoisotopic (exact) mass is 527 g/mol. The minimum absolute atomic E-state index is 0. The van der Waals surface area contributed by atoms with E-state index in [4.69, 9.17) is 18.9 Å². The third-order valence-corrected chi connectivity index (χ3v) is 4.48. The van der Waals surface area contributed by atoms with E-state index in [1.165, 1.54) is 0 Å². The van der Waals surface area contributed by atoms with Crippen molar-refractivity contribution < 1.29 is 18.9 Å². The summed E-state index contributed by atoms with van der Waals surface area (Å²) in [5.41, 5.74) is 3.32. The molecule has 30 heavy (non-hydrogen) atoms. The van der Waals surface area contributed by atoms with Gasteiger partial charge in [0.1, 0.15) is 12.4 Å². The van der Waals surface area contributed by atoms with Crippen molar-refractivity contribution >= 4 is 29.9 Å². The van der Waals surface area contributed by atoms with Crippen molar-refractivity contribution in [1.82, 2.24) is 10.6 Å². The first-order valence-corrected chi connectivity index (χ1v) is 9.82. The average molecular weight is 527 g/mol. The Kier molecular flexibility index (Phi) is 10.0. The van der Waals surface area contributed by atoms with E-state index in [1.54, 1.807) is 7.05 Å². The number of rotatable bonds is 9. The van der Waals surface area contributed by atoms with Gasteiger partial charge in [-0.2, -0.15) is 0 Å². The molecule has 0 bridgehead atoms. The molecular weight excluding hydrogens is 497 g/mol. The molecule has 0 atom stereocenters. The van der Waals surface area contributed by atoms with E-state index in [1.807, 2.05) is 31.2 Å². The van der Waals surface area contributed by atoms with Crippen LogP contribution < -0.4 is 24.8 Å². The van der Waals surface area contributed by atoms with Crippen LogP contribution in [0.2, 0.25) is 0 Å². The van der Waals surface area contributed by atoms with E-state index >= 15 is 0 Å². The summed E-state index contributed by atoms with van der Waals surface area (Å²) < 4.78 is 22.0. The summed E-state index contributed by atoms with van der Waals surface area (Å²) in [7, 11) is 1.75. The lowest BCUT2D eigenvalue weighted by Crippen LogP contribution is -2.36. The molecule has 3 rings (SSSR count). The van der Waals surface area contributed by atoms with Crippen LogP contribution in [0.3, 0.4) is 0 Å². The first-order valence-electron chi connectivity index (χ1n) is 9.82. The van der Waals surface area contributed by atoms with E-state index in [0.29, 0.717) is 38.9 Å². The van der Waals surface area contributed by atoms with Crippen molar-refractivity contribution in [2.45, 2.75) is 26.9 Å². The number of benzene rings is 2. The number of fused-ring (bicyclic) bond motifs is 1. The minimum atomic E-state index is 0. The average Bonchev–Trinajstić information content (AvgIpc) is 3.20. The minimum Gasteiger partial charge on any atom is -0.491 e. The molecule has 0 saturated heterocycles. The van der Waals surface area contributed by atoms with Gasteiger partial charge in [-0.1, -0.05) is 18.2 Å². The Morgan fingerprint density at radius 3 is 2.63 bits per heavy atom. The number of aliphatic imine (C=N–C) groups is 1. The molecule has 0 fully saturated rings. The summed E-state index contributed by atoms with van der Waals surface area (Å²) in [6, 6.07) is 12.1. The molecule has 1 aliphatic heterocycles. The van der Waals surface area contributed by atoms with Crippen molar-refractivity contribution in [2.24, 2.45) is 4.99 Å². The van der Waals surface area contributed by atoms with Crippen LogP contribution in [0.1, 0.15) is 23.6 Å². The van der Waals surface area contributed by atoms with Gasteiger partial charge in [-0.15, -0.1) is 24.0 Å². The van der Waals surface area contributed by atoms with Crippen molar-refractivity contribution in [1.29, 1.82) is 0 Å². The molecular formula is C22H30IN3O4. The highest BCUT2D eigenvalue weighted by atomic mass is 127. The van der Waals surface area contributed by atoms with Crippen LogP contribution in [0.5, 0.6) is 17.2 Å². The molecule has 8 heteroatoms. The summed E-state index contributed by atoms with van der Waals surface area (Å²) in [6.07, 6.45) is 0. The number of nitrogens with one attached hydrogen (secondary N) is 2. The van der Waals surface area contributed by atoms with Gasteiger partial charge in [0.15, 0.2) is 17.5 Å². The Morgan fingerprint density at radius 1 is 1.03 bits per heavy atom. The second-order valence-electron chi connectivity index (χ2n) is 6.62. The normalized spacial score (nSPS) is 12.3. The molecule has 1 aliphatic rings. The van der Waals surface area contributed by atoms with Crippen LogP contribution in [0.25, 0.3) is 0 Å². The number of guanidine groups is 1. The topological polar surface area (TPSA) is 73.3 Å². The first-order chi connectivity index (χ1) is 14.2. The molecule has 0 saturated carbocycles. The summed E-state index contributed by atoms with van der Waals surface area (Å²) in [5.74, 6) is 3.14. The Balaban J connectivity index is 0.00000320. The lowest BCUT2D eigenvalue weighted by Gasteiger charge is -2.16. The van der Waals surface area contributed by atoms with Crippen LogP contribution in [-0.2, 0) is 17.8 Å². The Hall–Kier alpha value is -2.20. The summed E-state index contributed by atoms with van der Waals surface area (Å²) in [6.45, 7) is 7.34. The number of aryl methyl sites for hydroxylation is 1. The fourth-order valence-electron chi connectivity index (χ4n) is 2.93. The summed E-state index contributed by atoms with van der Waals surface area (Å²) in [5, 5.41) is 6.66. The zero-order chi connectivity index (χ0) is 20.5. The van der Waals surface area contributed by atoms with E-state index in [-0.39, 0.29) is 30.8 Å². The molecule has 0 aliphatic carbocycles. The number of hydrogen-bond acceptors (Lipinski definition) is 5. The highest BCUT2D eigenvalue weighted by molar-refractivity contribution is 14.0. The number of nitrogens with zero attached hydrogens (tertiary/aromatic N) is 1. The van der Waals surface area contributed by atoms with Crippen LogP contribution in [0.4, 0.5) is 0 Å². The van der Waals surface area contributed by atoms with Gasteiger partial charge in [0.25, 0.3) is 0 Å². The van der Waals surface area contributed by atoms with Gasteiger partial charge in [0.05, 0.1) is 6.61 Å². The molecule has 0 amide bonds. The molecule has 0 radical (unpaired) electrons. The number of halogens is 1. The van der Waals surface area contributed by atoms with E-state index in [9.17, 15) is 0 Å². The standard InChI is InChI=1S/C22H29N3O4.HI/c1-4-26-9-10-27-20-11-16(2)5-7-18(20)14-25-22(23-3)24-13-17-6-8-19-21(12-17)29-15-28-19;/h5-8,11-12H,4,9-10,13-15H2,1-3H3,(H2,23,24,25);1H. The van der Waals surface area contributed by atoms with Gasteiger partial charge >= 0.3 is 0 Å². The van der Waals surface area contributed by atoms with Crippen LogP contribution >= 0.6 is 24.0 Å². The van der Waals surface area contributed by atoms with Crippen molar-refractivity contribution in [3.05, 3.63) is 53.1 Å². The molecule has 164 valence electrons. The Morgan fingerprint density at radius 2 is 1.83 bits per heavy atom. The predicted molar refractivity (Wildman–Crippen MR) is 128 cm³/mol. The molecule has 2 aromatic carbocycles. The molecule has 0 aromatic heterocycles. The highest BCUT2D eigenvalue weighted by Gasteiger charge is 2.13. The largest absolute Gasteiger partial charge is 0.491 e. The van der Waals surface area contributed by atoms with Crippen molar-refractivity contribution in [3.8, 4) is 17.2 Å². The molecule has 1 heterocycles. The van der Waals surface area contributed by atoms with E-state index in [2.05, 4.69) is 34.7 Å². The number of hydrogen-bond donors (Lipinski definition) is 2. The second-order valence-corrected chi connectivity index (χ2v) is 6.62. The molecule has 7 nitrogen and oxygen atoms in total. The predicted octanol–water partition coefficient (Wildman–Crippen LogP) is 3.62. The van der Waals surface area contributed by atoms with Gasteiger partial charge < -0.3 is 29.6 Å². The van der Waals surface area contributed by atoms with E-state index in [0.717, 1.165) is 33.9 Å². The molecule has 2 N–H and O–H groups in total. The third-order valence-electron chi connectivity index (χ3n) is 4.48. The van der Waals surface area contributed by atoms with Crippen LogP contribution in [-0.4, -0.2) is 39.6 Å². The lowest BCUT2D eigenvalue weighted by atomic mass is 10.1. The van der Waals surface area contributed by atoms with Gasteiger partial charge in [0, 0.05) is 32.3 Å². The van der Waals surface area contributed by atoms with Gasteiger partial charge in [0.2, 0.25) is 6.79 Å². The Bertz CT molecular complexity index is 845.